The molecule has 0 saturated carbocycles. The van der Waals surface area contributed by atoms with Crippen LogP contribution in [0.1, 0.15) is 52.9 Å². The minimum absolute atomic E-state index is 0.660. The Morgan fingerprint density at radius 3 is 2.62 bits per heavy atom. The van der Waals surface area contributed by atoms with Crippen LogP contribution in [-0.2, 0) is 9.47 Å². The number of aliphatic imine (C=N–C) groups is 1. The molecule has 1 rings (SSSR count). The molecular weight excluding hydrogens is 328 g/mol. The van der Waals surface area contributed by atoms with Gasteiger partial charge < -0.3 is 25.0 Å². The molecular formula is C20H42N4O2. The first-order valence-corrected chi connectivity index (χ1v) is 10.7. The van der Waals surface area contributed by atoms with Crippen molar-refractivity contribution in [3.63, 3.8) is 0 Å². The second-order valence-corrected chi connectivity index (χ2v) is 7.17. The van der Waals surface area contributed by atoms with Gasteiger partial charge in [-0.1, -0.05) is 20.3 Å². The van der Waals surface area contributed by atoms with Gasteiger partial charge in [-0.2, -0.15) is 0 Å². The summed E-state index contributed by atoms with van der Waals surface area (Å²) in [6.07, 6.45) is 6.15. The molecule has 0 aromatic heterocycles. The van der Waals surface area contributed by atoms with Crippen LogP contribution in [-0.4, -0.2) is 76.6 Å². The number of hydrogen-bond acceptors (Lipinski definition) is 4. The molecule has 0 aliphatic carbocycles. The number of nitrogens with zero attached hydrogens (tertiary/aromatic N) is 2. The summed E-state index contributed by atoms with van der Waals surface area (Å²) >= 11 is 0. The fourth-order valence-electron chi connectivity index (χ4n) is 3.13. The van der Waals surface area contributed by atoms with E-state index in [4.69, 9.17) is 9.47 Å². The third-order valence-corrected chi connectivity index (χ3v) is 4.54. The third kappa shape index (κ3) is 12.5. The van der Waals surface area contributed by atoms with E-state index in [-0.39, 0.29) is 0 Å². The Kier molecular flexibility index (Phi) is 14.6. The molecule has 0 radical (unpaired) electrons. The Hall–Kier alpha value is -0.850. The maximum absolute atomic E-state index is 5.58. The van der Waals surface area contributed by atoms with Crippen LogP contribution in [0, 0.1) is 5.92 Å². The number of ether oxygens (including phenoxy) is 2. The molecule has 26 heavy (non-hydrogen) atoms. The van der Waals surface area contributed by atoms with E-state index in [1.54, 1.807) is 0 Å². The van der Waals surface area contributed by atoms with E-state index in [0.29, 0.717) is 19.8 Å². The summed E-state index contributed by atoms with van der Waals surface area (Å²) in [5, 5.41) is 6.64. The lowest BCUT2D eigenvalue weighted by molar-refractivity contribution is 0.0487. The third-order valence-electron chi connectivity index (χ3n) is 4.54. The van der Waals surface area contributed by atoms with E-state index in [0.717, 1.165) is 57.5 Å². The van der Waals surface area contributed by atoms with E-state index in [1.807, 2.05) is 0 Å². The molecule has 0 spiro atoms. The number of rotatable bonds is 14. The molecule has 1 saturated heterocycles. The fourth-order valence-corrected chi connectivity index (χ4v) is 3.13. The van der Waals surface area contributed by atoms with E-state index >= 15 is 0 Å². The van der Waals surface area contributed by atoms with Crippen LogP contribution >= 0.6 is 0 Å². The molecule has 0 aromatic carbocycles. The summed E-state index contributed by atoms with van der Waals surface area (Å²) in [7, 11) is 0. The van der Waals surface area contributed by atoms with Crippen molar-refractivity contribution in [1.82, 2.24) is 15.5 Å². The maximum Gasteiger partial charge on any atom is 0.191 e. The molecule has 6 nitrogen and oxygen atoms in total. The zero-order valence-electron chi connectivity index (χ0n) is 17.4. The number of nitrogens with one attached hydrogen (secondary N) is 2. The molecule has 6 heteroatoms. The van der Waals surface area contributed by atoms with Gasteiger partial charge in [-0.15, -0.1) is 0 Å². The average molecular weight is 371 g/mol. The molecule has 1 aliphatic heterocycles. The summed E-state index contributed by atoms with van der Waals surface area (Å²) < 4.78 is 11.1. The zero-order valence-corrected chi connectivity index (χ0v) is 17.4. The van der Waals surface area contributed by atoms with E-state index in [9.17, 15) is 0 Å². The standard InChI is InChI=1S/C20H42N4O2/c1-4-6-14-25-16-17-26-15-11-23-20(21-5-2)22-10-8-13-24-12-7-9-19(3)18-24/h19H,4-18H2,1-3H3,(H2,21,22,23). The van der Waals surface area contributed by atoms with Crippen molar-refractivity contribution < 1.29 is 9.47 Å². The Labute approximate surface area is 161 Å². The van der Waals surface area contributed by atoms with E-state index in [1.165, 1.54) is 32.4 Å². The van der Waals surface area contributed by atoms with E-state index < -0.39 is 0 Å². The quantitative estimate of drug-likeness (QED) is 0.279. The lowest BCUT2D eigenvalue weighted by Crippen LogP contribution is -2.39. The number of guanidine groups is 1. The van der Waals surface area contributed by atoms with Crippen LogP contribution in [0.25, 0.3) is 0 Å². The van der Waals surface area contributed by atoms with Gasteiger partial charge in [0.15, 0.2) is 5.96 Å². The molecule has 1 unspecified atom stereocenters. The average Bonchev–Trinajstić information content (AvgIpc) is 2.64. The Morgan fingerprint density at radius 1 is 1.08 bits per heavy atom. The Morgan fingerprint density at radius 2 is 1.88 bits per heavy atom. The number of piperidine rings is 1. The van der Waals surface area contributed by atoms with Gasteiger partial charge in [0.2, 0.25) is 0 Å². The van der Waals surface area contributed by atoms with Crippen molar-refractivity contribution in [2.75, 3.05) is 65.7 Å². The molecule has 154 valence electrons. The van der Waals surface area contributed by atoms with Crippen LogP contribution in [0.4, 0.5) is 0 Å². The summed E-state index contributed by atoms with van der Waals surface area (Å²) in [6, 6.07) is 0. The number of unbranched alkanes of at least 4 members (excludes halogenated alkanes) is 1. The highest BCUT2D eigenvalue weighted by molar-refractivity contribution is 5.79. The molecule has 2 N–H and O–H groups in total. The van der Waals surface area contributed by atoms with Gasteiger partial charge in [0, 0.05) is 32.8 Å². The highest BCUT2D eigenvalue weighted by atomic mass is 16.5. The predicted octanol–water partition coefficient (Wildman–Crippen LogP) is 2.50. The second-order valence-electron chi connectivity index (χ2n) is 7.17. The lowest BCUT2D eigenvalue weighted by Gasteiger charge is -2.30. The summed E-state index contributed by atoms with van der Waals surface area (Å²) in [4.78, 5) is 7.26. The van der Waals surface area contributed by atoms with Crippen molar-refractivity contribution in [3.05, 3.63) is 0 Å². The van der Waals surface area contributed by atoms with E-state index in [2.05, 4.69) is 41.3 Å². The summed E-state index contributed by atoms with van der Waals surface area (Å²) in [6.45, 7) is 15.7. The highest BCUT2D eigenvalue weighted by Gasteiger charge is 2.15. The predicted molar refractivity (Wildman–Crippen MR) is 110 cm³/mol. The Balaban J connectivity index is 2.05. The van der Waals surface area contributed by atoms with Gasteiger partial charge in [-0.25, -0.2) is 0 Å². The van der Waals surface area contributed by atoms with Crippen LogP contribution in [0.5, 0.6) is 0 Å². The molecule has 1 fully saturated rings. The van der Waals surface area contributed by atoms with Crippen LogP contribution in [0.3, 0.4) is 0 Å². The van der Waals surface area contributed by atoms with Crippen molar-refractivity contribution in [2.45, 2.75) is 52.9 Å². The summed E-state index contributed by atoms with van der Waals surface area (Å²) in [5.41, 5.74) is 0. The van der Waals surface area contributed by atoms with Gasteiger partial charge in [0.1, 0.15) is 0 Å². The minimum Gasteiger partial charge on any atom is -0.379 e. The van der Waals surface area contributed by atoms with Crippen LogP contribution < -0.4 is 10.6 Å². The SMILES string of the molecule is CCCCOCCOCCNC(=NCCCN1CCCC(C)C1)NCC. The van der Waals surface area contributed by atoms with Crippen molar-refractivity contribution >= 4 is 5.96 Å². The van der Waals surface area contributed by atoms with Crippen LogP contribution in [0.15, 0.2) is 4.99 Å². The monoisotopic (exact) mass is 370 g/mol. The first-order valence-electron chi connectivity index (χ1n) is 10.7. The van der Waals surface area contributed by atoms with Gasteiger partial charge in [0.05, 0.1) is 19.8 Å². The smallest absolute Gasteiger partial charge is 0.191 e. The lowest BCUT2D eigenvalue weighted by atomic mass is 10.0. The van der Waals surface area contributed by atoms with Gasteiger partial charge in [0.25, 0.3) is 0 Å². The zero-order chi connectivity index (χ0) is 18.9. The maximum atomic E-state index is 5.58. The first-order chi connectivity index (χ1) is 12.8. The minimum atomic E-state index is 0.660. The fraction of sp³-hybridized carbons (Fsp3) is 0.950. The molecule has 1 heterocycles. The topological polar surface area (TPSA) is 58.1 Å². The number of likely N-dealkylation sites (tertiary alicyclic amines) is 1. The van der Waals surface area contributed by atoms with Crippen molar-refractivity contribution in [3.8, 4) is 0 Å². The Bertz CT molecular complexity index is 353. The van der Waals surface area contributed by atoms with Crippen molar-refractivity contribution in [2.24, 2.45) is 10.9 Å². The first kappa shape index (κ1) is 23.2. The molecule has 0 amide bonds. The normalized spacial score (nSPS) is 18.9. The van der Waals surface area contributed by atoms with Crippen LogP contribution in [0.2, 0.25) is 0 Å². The molecule has 0 bridgehead atoms. The second kappa shape index (κ2) is 16.3. The number of hydrogen-bond donors (Lipinski definition) is 2. The molecule has 1 atom stereocenters. The van der Waals surface area contributed by atoms with Crippen molar-refractivity contribution in [1.29, 1.82) is 0 Å². The molecule has 0 aromatic rings. The largest absolute Gasteiger partial charge is 0.379 e. The summed E-state index contributed by atoms with van der Waals surface area (Å²) in [5.74, 6) is 1.74. The van der Waals surface area contributed by atoms with Gasteiger partial charge >= 0.3 is 0 Å². The van der Waals surface area contributed by atoms with Gasteiger partial charge in [-0.3, -0.25) is 4.99 Å². The van der Waals surface area contributed by atoms with Gasteiger partial charge in [-0.05, 0) is 51.6 Å². The highest BCUT2D eigenvalue weighted by Crippen LogP contribution is 2.15. The molecule has 1 aliphatic rings.